The first-order chi connectivity index (χ1) is 26.3. The number of hydrogen-bond donors (Lipinski definition) is 14. The molecule has 4 bridgehead atoms. The molecule has 0 fully saturated rings. The van der Waals surface area contributed by atoms with Crippen LogP contribution in [0, 0.1) is 0 Å². The molecule has 4 aromatic carbocycles. The number of phenols is 12. The monoisotopic (exact) mass is 784 g/mol. The maximum absolute atomic E-state index is 14.1. The van der Waals surface area contributed by atoms with Gasteiger partial charge in [0.15, 0.2) is 64.3 Å². The molecular weight excluding hydrogens is 760 g/mol. The number of cyclic esters (lactones) is 2. The van der Waals surface area contributed by atoms with E-state index in [-0.39, 0.29) is 0 Å². The summed E-state index contributed by atoms with van der Waals surface area (Å²) in [6, 6.07) is 1.33. The summed E-state index contributed by atoms with van der Waals surface area (Å²) in [6.07, 6.45) is -12.4. The van der Waals surface area contributed by atoms with Gasteiger partial charge in [-0.15, -0.1) is 0 Å². The number of esters is 4. The van der Waals surface area contributed by atoms with Crippen molar-refractivity contribution < 1.29 is 110 Å². The van der Waals surface area contributed by atoms with Crippen LogP contribution in [0.4, 0.5) is 0 Å². The smallest absolute Gasteiger partial charge is 0.339 e. The van der Waals surface area contributed by atoms with E-state index < -0.39 is 180 Å². The maximum atomic E-state index is 14.1. The Morgan fingerprint density at radius 3 is 1.29 bits per heavy atom. The zero-order valence-electron chi connectivity index (χ0n) is 27.4. The molecule has 8 rings (SSSR count). The number of fused-ring (bicyclic) bond motifs is 6. The van der Waals surface area contributed by atoms with Crippen molar-refractivity contribution in [3.05, 3.63) is 46.0 Å². The lowest BCUT2D eigenvalue weighted by Gasteiger charge is -2.40. The first-order valence-corrected chi connectivity index (χ1v) is 15.6. The molecule has 0 aromatic heterocycles. The fraction of sp³-hybridized carbons (Fsp3) is 0.176. The van der Waals surface area contributed by atoms with Gasteiger partial charge in [-0.05, 0) is 18.2 Å². The molecule has 0 aliphatic carbocycles. The number of aliphatic hydroxyl groups is 2. The van der Waals surface area contributed by atoms with E-state index in [1.807, 2.05) is 0 Å². The van der Waals surface area contributed by atoms with Gasteiger partial charge in [0.2, 0.25) is 23.0 Å². The lowest BCUT2D eigenvalue weighted by atomic mass is 9.82. The SMILES string of the molecule is O=C1OCC(O)C(C2OC(=O)c3cc(O)c(O)c(O)c3-c3c(O)c(O)c(O)c4c3C(=O)OC2[C@H]4O)OC(=O)c2cc(O)c(O)c(O)c2-c2c1cc(O)c(O)c2O. The number of benzene rings is 4. The van der Waals surface area contributed by atoms with Crippen molar-refractivity contribution in [2.75, 3.05) is 6.61 Å². The molecule has 0 amide bonds. The Balaban J connectivity index is 1.48. The molecule has 4 aliphatic rings. The van der Waals surface area contributed by atoms with Gasteiger partial charge in [-0.25, -0.2) is 19.2 Å². The molecule has 0 saturated carbocycles. The average Bonchev–Trinajstić information content (AvgIpc) is 3.16. The Bertz CT molecular complexity index is 2470. The summed E-state index contributed by atoms with van der Waals surface area (Å²) in [5, 5.41) is 150. The van der Waals surface area contributed by atoms with Crippen LogP contribution >= 0.6 is 0 Å². The van der Waals surface area contributed by atoms with Crippen LogP contribution < -0.4 is 0 Å². The van der Waals surface area contributed by atoms with Crippen molar-refractivity contribution >= 4 is 23.9 Å². The van der Waals surface area contributed by atoms with E-state index >= 15 is 0 Å². The minimum Gasteiger partial charge on any atom is -0.504 e. The molecule has 4 aromatic rings. The standard InChI is InChI=1S/C34H24O22/c35-8-1-5-12(21(42)18(8)39)13-6(2-9(36)19(40)22(13)43)32(50)54-28(11(38)4-53-31(5)49)30-29-26(47)17-16(34(52)55-29)15(24(45)27(48)25(17)46)14-7(33(51)56-30)3-10(37)20(41)23(14)44/h1-3,11,26,28-30,35-48H,4H2/t11?,26-,28?,29?,30?/m0/s1. The van der Waals surface area contributed by atoms with E-state index in [2.05, 4.69) is 0 Å². The number of ether oxygens (including phenoxy) is 4. The summed E-state index contributed by atoms with van der Waals surface area (Å²) < 4.78 is 21.3. The predicted molar refractivity (Wildman–Crippen MR) is 173 cm³/mol. The summed E-state index contributed by atoms with van der Waals surface area (Å²) in [4.78, 5) is 55.1. The third-order valence-corrected chi connectivity index (χ3v) is 9.33. The van der Waals surface area contributed by atoms with Gasteiger partial charge in [-0.3, -0.25) is 0 Å². The summed E-state index contributed by atoms with van der Waals surface area (Å²) in [5.41, 5.74) is -9.23. The van der Waals surface area contributed by atoms with Crippen molar-refractivity contribution in [3.63, 3.8) is 0 Å². The highest BCUT2D eigenvalue weighted by atomic mass is 16.6. The van der Waals surface area contributed by atoms with Gasteiger partial charge in [-0.1, -0.05) is 0 Å². The molecule has 22 heteroatoms. The molecule has 0 radical (unpaired) electrons. The van der Waals surface area contributed by atoms with Crippen LogP contribution in [0.15, 0.2) is 18.2 Å². The molecule has 5 atom stereocenters. The topological polar surface area (TPSA) is 388 Å². The lowest BCUT2D eigenvalue weighted by Crippen LogP contribution is -2.55. The van der Waals surface area contributed by atoms with Gasteiger partial charge < -0.3 is 90.4 Å². The minimum absolute atomic E-state index is 0.403. The Hall–Kier alpha value is -7.72. The van der Waals surface area contributed by atoms with Gasteiger partial charge in [0.25, 0.3) is 0 Å². The minimum atomic E-state index is -2.55. The molecule has 4 unspecified atom stereocenters. The van der Waals surface area contributed by atoms with Crippen molar-refractivity contribution in [2.24, 2.45) is 0 Å². The van der Waals surface area contributed by atoms with Crippen LogP contribution in [0.2, 0.25) is 0 Å². The Kier molecular flexibility index (Phi) is 8.13. The Morgan fingerprint density at radius 2 is 0.804 bits per heavy atom. The van der Waals surface area contributed by atoms with Crippen molar-refractivity contribution in [3.8, 4) is 91.2 Å². The van der Waals surface area contributed by atoms with Gasteiger partial charge in [0.05, 0.1) is 22.3 Å². The van der Waals surface area contributed by atoms with Crippen LogP contribution in [0.25, 0.3) is 22.3 Å². The second-order valence-electron chi connectivity index (χ2n) is 12.5. The van der Waals surface area contributed by atoms with Crippen LogP contribution in [0.5, 0.6) is 69.0 Å². The summed E-state index contributed by atoms with van der Waals surface area (Å²) >= 11 is 0. The average molecular weight is 785 g/mol. The molecule has 0 saturated heterocycles. The zero-order chi connectivity index (χ0) is 41.0. The third kappa shape index (κ3) is 5.03. The number of hydrogen-bond acceptors (Lipinski definition) is 22. The van der Waals surface area contributed by atoms with Crippen molar-refractivity contribution in [2.45, 2.75) is 30.5 Å². The van der Waals surface area contributed by atoms with E-state index in [0.717, 1.165) is 0 Å². The Morgan fingerprint density at radius 1 is 0.411 bits per heavy atom. The van der Waals surface area contributed by atoms with E-state index in [9.17, 15) is 90.7 Å². The Labute approximate surface area is 307 Å². The second kappa shape index (κ2) is 12.4. The fourth-order valence-corrected chi connectivity index (χ4v) is 6.70. The summed E-state index contributed by atoms with van der Waals surface area (Å²) in [5.74, 6) is -22.9. The molecular formula is C34H24O22. The number of phenolic OH excluding ortho intramolecular Hbond substituents is 12. The number of rotatable bonds is 1. The first-order valence-electron chi connectivity index (χ1n) is 15.6. The zero-order valence-corrected chi connectivity index (χ0v) is 27.4. The largest absolute Gasteiger partial charge is 0.504 e. The molecule has 292 valence electrons. The van der Waals surface area contributed by atoms with E-state index in [0.29, 0.717) is 18.2 Å². The normalized spacial score (nSPS) is 21.6. The first kappa shape index (κ1) is 36.6. The predicted octanol–water partition coefficient (Wildman–Crippen LogP) is 0.356. The molecule has 4 aliphatic heterocycles. The highest BCUT2D eigenvalue weighted by Crippen LogP contribution is 2.58. The van der Waals surface area contributed by atoms with Gasteiger partial charge in [-0.2, -0.15) is 0 Å². The van der Waals surface area contributed by atoms with Gasteiger partial charge in [0, 0.05) is 27.8 Å². The van der Waals surface area contributed by atoms with Crippen LogP contribution in [-0.4, -0.2) is 126 Å². The van der Waals surface area contributed by atoms with Crippen LogP contribution in [-0.2, 0) is 18.9 Å². The number of carbonyl (C=O) groups excluding carboxylic acids is 4. The number of aliphatic hydroxyl groups excluding tert-OH is 2. The van der Waals surface area contributed by atoms with Crippen molar-refractivity contribution in [1.29, 1.82) is 0 Å². The number of aromatic hydroxyl groups is 12. The van der Waals surface area contributed by atoms with Crippen molar-refractivity contribution in [1.82, 2.24) is 0 Å². The molecule has 0 spiro atoms. The maximum Gasteiger partial charge on any atom is 0.339 e. The van der Waals surface area contributed by atoms with Gasteiger partial charge in [0.1, 0.15) is 18.8 Å². The second-order valence-corrected chi connectivity index (χ2v) is 12.5. The third-order valence-electron chi connectivity index (χ3n) is 9.33. The highest BCUT2D eigenvalue weighted by molar-refractivity contribution is 6.11. The van der Waals surface area contributed by atoms with E-state index in [1.54, 1.807) is 0 Å². The highest BCUT2D eigenvalue weighted by Gasteiger charge is 2.53. The van der Waals surface area contributed by atoms with E-state index in [4.69, 9.17) is 18.9 Å². The van der Waals surface area contributed by atoms with E-state index in [1.165, 1.54) is 0 Å². The summed E-state index contributed by atoms with van der Waals surface area (Å²) in [7, 11) is 0. The van der Waals surface area contributed by atoms with Gasteiger partial charge >= 0.3 is 23.9 Å². The fourth-order valence-electron chi connectivity index (χ4n) is 6.70. The summed E-state index contributed by atoms with van der Waals surface area (Å²) in [6.45, 7) is -1.31. The molecule has 22 nitrogen and oxygen atoms in total. The van der Waals surface area contributed by atoms with Crippen LogP contribution in [0.1, 0.15) is 53.1 Å². The molecule has 56 heavy (non-hydrogen) atoms. The number of carbonyl (C=O) groups is 4. The van der Waals surface area contributed by atoms with Crippen LogP contribution in [0.3, 0.4) is 0 Å². The lowest BCUT2D eigenvalue weighted by molar-refractivity contribution is -0.153. The quantitative estimate of drug-likeness (QED) is 0.0703. The molecule has 4 heterocycles. The molecule has 14 N–H and O–H groups in total.